The number of rotatable bonds is 2. The van der Waals surface area contributed by atoms with Crippen LogP contribution in [0.4, 0.5) is 4.39 Å². The molecule has 0 saturated heterocycles. The van der Waals surface area contributed by atoms with Gasteiger partial charge in [-0.1, -0.05) is 18.2 Å². The Kier molecular flexibility index (Phi) is 2.72. The van der Waals surface area contributed by atoms with E-state index in [0.29, 0.717) is 12.2 Å². The highest BCUT2D eigenvalue weighted by Gasteiger charge is 2.31. The van der Waals surface area contributed by atoms with Crippen LogP contribution in [0.5, 0.6) is 5.75 Å². The van der Waals surface area contributed by atoms with Gasteiger partial charge in [0.2, 0.25) is 0 Å². The van der Waals surface area contributed by atoms with Gasteiger partial charge < -0.3 is 10.5 Å². The number of para-hydroxylation sites is 1. The van der Waals surface area contributed by atoms with E-state index in [1.165, 1.54) is 6.20 Å². The van der Waals surface area contributed by atoms with Crippen molar-refractivity contribution < 1.29 is 9.13 Å². The molecule has 1 aromatic carbocycles. The number of pyridine rings is 1. The molecule has 0 saturated carbocycles. The lowest BCUT2D eigenvalue weighted by Gasteiger charge is -2.18. The summed E-state index contributed by atoms with van der Waals surface area (Å²) in [4.78, 5) is 3.74. The van der Waals surface area contributed by atoms with Crippen molar-refractivity contribution in [1.29, 1.82) is 0 Å². The van der Waals surface area contributed by atoms with E-state index in [4.69, 9.17) is 10.5 Å². The number of hydrogen-bond donors (Lipinski definition) is 1. The fraction of sp³-hybridized carbons (Fsp3) is 0.214. The van der Waals surface area contributed by atoms with Crippen molar-refractivity contribution in [3.8, 4) is 5.75 Å². The van der Waals surface area contributed by atoms with E-state index < -0.39 is 6.04 Å². The van der Waals surface area contributed by atoms with E-state index in [1.54, 1.807) is 12.3 Å². The molecule has 0 fully saturated rings. The Hall–Kier alpha value is -1.94. The molecule has 3 nitrogen and oxygen atoms in total. The summed E-state index contributed by atoms with van der Waals surface area (Å²) in [7, 11) is 0. The zero-order valence-electron chi connectivity index (χ0n) is 9.71. The molecule has 0 spiro atoms. The molecular formula is C14H13FN2O. The molecule has 2 heterocycles. The predicted molar refractivity (Wildman–Crippen MR) is 65.8 cm³/mol. The molecule has 4 heteroatoms. The first-order chi connectivity index (χ1) is 8.77. The minimum atomic E-state index is -0.420. The predicted octanol–water partition coefficient (Wildman–Crippen LogP) is 2.40. The van der Waals surface area contributed by atoms with Crippen molar-refractivity contribution >= 4 is 0 Å². The van der Waals surface area contributed by atoms with Crippen LogP contribution in [0.3, 0.4) is 0 Å². The van der Waals surface area contributed by atoms with Crippen molar-refractivity contribution in [3.63, 3.8) is 0 Å². The Labute approximate surface area is 104 Å². The summed E-state index contributed by atoms with van der Waals surface area (Å²) in [6.07, 6.45) is 2.75. The zero-order valence-corrected chi connectivity index (χ0v) is 9.71. The highest BCUT2D eigenvalue weighted by Crippen LogP contribution is 2.40. The maximum absolute atomic E-state index is 13.7. The molecule has 2 atom stereocenters. The van der Waals surface area contributed by atoms with Crippen molar-refractivity contribution in [2.75, 3.05) is 6.61 Å². The first kappa shape index (κ1) is 11.2. The van der Waals surface area contributed by atoms with Gasteiger partial charge in [0.15, 0.2) is 0 Å². The van der Waals surface area contributed by atoms with Gasteiger partial charge in [0, 0.05) is 29.3 Å². The molecule has 18 heavy (non-hydrogen) atoms. The average molecular weight is 244 g/mol. The van der Waals surface area contributed by atoms with E-state index in [9.17, 15) is 4.39 Å². The highest BCUT2D eigenvalue weighted by molar-refractivity contribution is 5.42. The molecule has 0 bridgehead atoms. The molecule has 3 rings (SSSR count). The number of fused-ring (bicyclic) bond motifs is 1. The molecule has 0 aliphatic carbocycles. The van der Waals surface area contributed by atoms with Crippen LogP contribution < -0.4 is 10.5 Å². The summed E-state index contributed by atoms with van der Waals surface area (Å²) >= 11 is 0. The number of hydrogen-bond acceptors (Lipinski definition) is 3. The third kappa shape index (κ3) is 1.75. The number of benzene rings is 1. The first-order valence-corrected chi connectivity index (χ1v) is 5.84. The van der Waals surface area contributed by atoms with Gasteiger partial charge in [0.05, 0.1) is 12.8 Å². The van der Waals surface area contributed by atoms with Gasteiger partial charge in [0.1, 0.15) is 11.6 Å². The molecule has 0 radical (unpaired) electrons. The van der Waals surface area contributed by atoms with Gasteiger partial charge in [-0.15, -0.1) is 0 Å². The largest absolute Gasteiger partial charge is 0.493 e. The van der Waals surface area contributed by atoms with Gasteiger partial charge in [-0.25, -0.2) is 4.39 Å². The maximum Gasteiger partial charge on any atom is 0.146 e. The van der Waals surface area contributed by atoms with Crippen LogP contribution in [-0.2, 0) is 0 Å². The number of halogens is 1. The summed E-state index contributed by atoms with van der Waals surface area (Å²) in [5, 5.41) is 0. The third-order valence-electron chi connectivity index (χ3n) is 3.33. The van der Waals surface area contributed by atoms with Crippen LogP contribution >= 0.6 is 0 Å². The second-order valence-electron chi connectivity index (χ2n) is 4.38. The molecule has 2 aromatic rings. The van der Waals surface area contributed by atoms with E-state index in [0.717, 1.165) is 11.3 Å². The molecule has 1 aromatic heterocycles. The number of nitrogens with two attached hydrogens (primary N) is 1. The SMILES string of the molecule is NC(c1ccncc1F)C1COc2ccccc21. The molecule has 1 aliphatic rings. The lowest BCUT2D eigenvalue weighted by atomic mass is 9.89. The molecule has 2 N–H and O–H groups in total. The Morgan fingerprint density at radius 2 is 2.17 bits per heavy atom. The van der Waals surface area contributed by atoms with Crippen LogP contribution in [-0.4, -0.2) is 11.6 Å². The zero-order chi connectivity index (χ0) is 12.5. The number of nitrogens with zero attached hydrogens (tertiary/aromatic N) is 1. The van der Waals surface area contributed by atoms with Crippen LogP contribution in [0.15, 0.2) is 42.7 Å². The fourth-order valence-electron chi connectivity index (χ4n) is 2.36. The summed E-state index contributed by atoms with van der Waals surface area (Å²) in [5.74, 6) is 0.458. The normalized spacial score (nSPS) is 19.1. The van der Waals surface area contributed by atoms with E-state index in [1.807, 2.05) is 24.3 Å². The van der Waals surface area contributed by atoms with Crippen molar-refractivity contribution in [1.82, 2.24) is 4.98 Å². The first-order valence-electron chi connectivity index (χ1n) is 5.84. The minimum Gasteiger partial charge on any atom is -0.493 e. The summed E-state index contributed by atoms with van der Waals surface area (Å²) < 4.78 is 19.3. The lowest BCUT2D eigenvalue weighted by molar-refractivity contribution is 0.313. The quantitative estimate of drug-likeness (QED) is 0.882. The standard InChI is InChI=1S/C14H13FN2O/c15-12-7-17-6-5-10(12)14(16)11-8-18-13-4-2-1-3-9(11)13/h1-7,11,14H,8,16H2. The van der Waals surface area contributed by atoms with Crippen molar-refractivity contribution in [2.24, 2.45) is 5.73 Å². The smallest absolute Gasteiger partial charge is 0.146 e. The molecule has 2 unspecified atom stereocenters. The van der Waals surface area contributed by atoms with Crippen molar-refractivity contribution in [3.05, 3.63) is 59.7 Å². The Bertz CT molecular complexity index is 573. The van der Waals surface area contributed by atoms with E-state index >= 15 is 0 Å². The summed E-state index contributed by atoms with van der Waals surface area (Å²) in [6.45, 7) is 0.488. The Balaban J connectivity index is 1.96. The van der Waals surface area contributed by atoms with Gasteiger partial charge in [-0.05, 0) is 12.1 Å². The third-order valence-corrected chi connectivity index (χ3v) is 3.33. The average Bonchev–Trinajstić information content (AvgIpc) is 2.82. The van der Waals surface area contributed by atoms with Gasteiger partial charge in [-0.2, -0.15) is 0 Å². The lowest BCUT2D eigenvalue weighted by Crippen LogP contribution is -2.22. The molecule has 92 valence electrons. The van der Waals surface area contributed by atoms with Gasteiger partial charge in [0.25, 0.3) is 0 Å². The summed E-state index contributed by atoms with van der Waals surface area (Å²) in [5.41, 5.74) is 7.69. The van der Waals surface area contributed by atoms with Crippen LogP contribution in [0.2, 0.25) is 0 Å². The molecule has 1 aliphatic heterocycles. The van der Waals surface area contributed by atoms with Crippen LogP contribution in [0.25, 0.3) is 0 Å². The maximum atomic E-state index is 13.7. The number of ether oxygens (including phenoxy) is 1. The van der Waals surface area contributed by atoms with Gasteiger partial charge >= 0.3 is 0 Å². The van der Waals surface area contributed by atoms with E-state index in [2.05, 4.69) is 4.98 Å². The number of aromatic nitrogens is 1. The molecule has 0 amide bonds. The summed E-state index contributed by atoms with van der Waals surface area (Å²) in [6, 6.07) is 8.95. The van der Waals surface area contributed by atoms with E-state index in [-0.39, 0.29) is 11.7 Å². The topological polar surface area (TPSA) is 48.1 Å². The Morgan fingerprint density at radius 3 is 3.00 bits per heavy atom. The fourth-order valence-corrected chi connectivity index (χ4v) is 2.36. The Morgan fingerprint density at radius 1 is 1.33 bits per heavy atom. The minimum absolute atomic E-state index is 0.0156. The van der Waals surface area contributed by atoms with Gasteiger partial charge in [-0.3, -0.25) is 4.98 Å². The van der Waals surface area contributed by atoms with Crippen molar-refractivity contribution in [2.45, 2.75) is 12.0 Å². The van der Waals surface area contributed by atoms with Crippen LogP contribution in [0, 0.1) is 5.82 Å². The van der Waals surface area contributed by atoms with Crippen LogP contribution in [0.1, 0.15) is 23.1 Å². The highest BCUT2D eigenvalue weighted by atomic mass is 19.1. The molecular weight excluding hydrogens is 231 g/mol. The monoisotopic (exact) mass is 244 g/mol. The second kappa shape index (κ2) is 4.38. The second-order valence-corrected chi connectivity index (χ2v) is 4.38.